The van der Waals surface area contributed by atoms with Crippen LogP contribution in [0, 0.1) is 5.82 Å². The van der Waals surface area contributed by atoms with E-state index in [1.807, 2.05) is 20.0 Å². The Morgan fingerprint density at radius 2 is 2.24 bits per heavy atom. The molecule has 0 spiro atoms. The first-order chi connectivity index (χ1) is 8.19. The maximum atomic E-state index is 13.3. The van der Waals surface area contributed by atoms with E-state index in [0.29, 0.717) is 13.0 Å². The van der Waals surface area contributed by atoms with Crippen LogP contribution >= 0.6 is 11.6 Å². The summed E-state index contributed by atoms with van der Waals surface area (Å²) in [5.41, 5.74) is 0.836. The highest BCUT2D eigenvalue weighted by molar-refractivity contribution is 6.31. The number of ether oxygens (including phenoxy) is 1. The summed E-state index contributed by atoms with van der Waals surface area (Å²) >= 11 is 5.92. The average molecular weight is 260 g/mol. The molecular formula is C13H19ClFNO. The zero-order valence-electron chi connectivity index (χ0n) is 10.3. The van der Waals surface area contributed by atoms with Crippen molar-refractivity contribution in [2.24, 2.45) is 0 Å². The predicted molar refractivity (Wildman–Crippen MR) is 69.1 cm³/mol. The molecule has 0 heterocycles. The van der Waals surface area contributed by atoms with Crippen molar-refractivity contribution in [2.75, 3.05) is 20.3 Å². The van der Waals surface area contributed by atoms with Gasteiger partial charge in [0.05, 0.1) is 5.02 Å². The van der Waals surface area contributed by atoms with Gasteiger partial charge in [0.2, 0.25) is 0 Å². The number of hydrogen-bond acceptors (Lipinski definition) is 2. The standard InChI is InChI=1S/C13H19ClFNO/c1-3-17-8-7-11(16-2)9-10-5-4-6-12(15)13(10)14/h4-6,11,16H,3,7-9H2,1-2H3. The Hall–Kier alpha value is -0.640. The lowest BCUT2D eigenvalue weighted by Crippen LogP contribution is -2.29. The van der Waals surface area contributed by atoms with E-state index in [-0.39, 0.29) is 16.9 Å². The minimum atomic E-state index is -0.358. The number of hydrogen-bond donors (Lipinski definition) is 1. The van der Waals surface area contributed by atoms with Crippen molar-refractivity contribution in [2.45, 2.75) is 25.8 Å². The van der Waals surface area contributed by atoms with E-state index in [2.05, 4.69) is 5.32 Å². The van der Waals surface area contributed by atoms with E-state index in [4.69, 9.17) is 16.3 Å². The Kier molecular flexibility index (Phi) is 6.48. The molecule has 1 aromatic carbocycles. The predicted octanol–water partition coefficient (Wildman–Crippen LogP) is 3.04. The molecular weight excluding hydrogens is 241 g/mol. The van der Waals surface area contributed by atoms with Gasteiger partial charge in [0.15, 0.2) is 0 Å². The van der Waals surface area contributed by atoms with Crippen molar-refractivity contribution in [3.8, 4) is 0 Å². The second-order valence-corrected chi connectivity index (χ2v) is 4.27. The van der Waals surface area contributed by atoms with Crippen LogP contribution in [0.2, 0.25) is 5.02 Å². The maximum absolute atomic E-state index is 13.3. The van der Waals surface area contributed by atoms with Gasteiger partial charge in [-0.3, -0.25) is 0 Å². The molecule has 1 N–H and O–H groups in total. The first-order valence-corrected chi connectivity index (χ1v) is 6.24. The van der Waals surface area contributed by atoms with Crippen LogP contribution in [0.4, 0.5) is 4.39 Å². The van der Waals surface area contributed by atoms with Crippen LogP contribution in [0.3, 0.4) is 0 Å². The molecule has 0 aliphatic rings. The molecule has 0 saturated heterocycles. The molecule has 96 valence electrons. The number of halogens is 2. The minimum absolute atomic E-state index is 0.226. The van der Waals surface area contributed by atoms with E-state index in [9.17, 15) is 4.39 Å². The smallest absolute Gasteiger partial charge is 0.142 e. The van der Waals surface area contributed by atoms with Crippen molar-refractivity contribution in [3.05, 3.63) is 34.6 Å². The van der Waals surface area contributed by atoms with Gasteiger partial charge in [0.25, 0.3) is 0 Å². The van der Waals surface area contributed by atoms with Gasteiger partial charge in [-0.05, 0) is 38.4 Å². The summed E-state index contributed by atoms with van der Waals surface area (Å²) < 4.78 is 18.6. The van der Waals surface area contributed by atoms with Crippen LogP contribution in [0.1, 0.15) is 18.9 Å². The zero-order chi connectivity index (χ0) is 12.7. The quantitative estimate of drug-likeness (QED) is 0.760. The summed E-state index contributed by atoms with van der Waals surface area (Å²) in [5.74, 6) is -0.358. The number of likely N-dealkylation sites (N-methyl/N-ethyl adjacent to an activating group) is 1. The lowest BCUT2D eigenvalue weighted by Gasteiger charge is -2.17. The molecule has 0 fully saturated rings. The highest BCUT2D eigenvalue weighted by atomic mass is 35.5. The van der Waals surface area contributed by atoms with Crippen LogP contribution < -0.4 is 5.32 Å². The summed E-state index contributed by atoms with van der Waals surface area (Å²) in [5, 5.41) is 3.42. The van der Waals surface area contributed by atoms with Crippen LogP contribution in [0.15, 0.2) is 18.2 Å². The lowest BCUT2D eigenvalue weighted by molar-refractivity contribution is 0.137. The minimum Gasteiger partial charge on any atom is -0.382 e. The Labute approximate surface area is 107 Å². The fourth-order valence-electron chi connectivity index (χ4n) is 1.69. The van der Waals surface area contributed by atoms with Gasteiger partial charge in [0, 0.05) is 19.3 Å². The molecule has 1 aromatic rings. The number of nitrogens with one attached hydrogen (secondary N) is 1. The first kappa shape index (κ1) is 14.4. The topological polar surface area (TPSA) is 21.3 Å². The van der Waals surface area contributed by atoms with Crippen molar-refractivity contribution < 1.29 is 9.13 Å². The normalized spacial score (nSPS) is 12.7. The second-order valence-electron chi connectivity index (χ2n) is 3.89. The molecule has 1 atom stereocenters. The molecule has 0 amide bonds. The van der Waals surface area contributed by atoms with Gasteiger partial charge >= 0.3 is 0 Å². The average Bonchev–Trinajstić information content (AvgIpc) is 2.33. The lowest BCUT2D eigenvalue weighted by atomic mass is 10.0. The molecule has 0 aliphatic carbocycles. The van der Waals surface area contributed by atoms with E-state index in [0.717, 1.165) is 18.6 Å². The number of benzene rings is 1. The van der Waals surface area contributed by atoms with E-state index >= 15 is 0 Å². The van der Waals surface area contributed by atoms with Crippen molar-refractivity contribution in [3.63, 3.8) is 0 Å². The summed E-state index contributed by atoms with van der Waals surface area (Å²) in [6.45, 7) is 3.39. The van der Waals surface area contributed by atoms with E-state index < -0.39 is 0 Å². The van der Waals surface area contributed by atoms with Gasteiger partial charge in [-0.1, -0.05) is 23.7 Å². The van der Waals surface area contributed by atoms with Crippen LogP contribution in [-0.4, -0.2) is 26.3 Å². The molecule has 0 bridgehead atoms. The third kappa shape index (κ3) is 4.62. The zero-order valence-corrected chi connectivity index (χ0v) is 11.1. The summed E-state index contributed by atoms with van der Waals surface area (Å²) in [6, 6.07) is 5.17. The molecule has 0 saturated carbocycles. The molecule has 1 rings (SSSR count). The largest absolute Gasteiger partial charge is 0.382 e. The van der Waals surface area contributed by atoms with Crippen molar-refractivity contribution >= 4 is 11.6 Å². The van der Waals surface area contributed by atoms with Crippen LogP contribution in [0.5, 0.6) is 0 Å². The Morgan fingerprint density at radius 1 is 1.47 bits per heavy atom. The van der Waals surface area contributed by atoms with Gasteiger partial charge in [0.1, 0.15) is 5.82 Å². The van der Waals surface area contributed by atoms with E-state index in [1.165, 1.54) is 6.07 Å². The highest BCUT2D eigenvalue weighted by Gasteiger charge is 2.11. The van der Waals surface area contributed by atoms with Gasteiger partial charge in [-0.25, -0.2) is 4.39 Å². The van der Waals surface area contributed by atoms with Crippen molar-refractivity contribution in [1.82, 2.24) is 5.32 Å². The van der Waals surface area contributed by atoms with Crippen LogP contribution in [-0.2, 0) is 11.2 Å². The Morgan fingerprint density at radius 3 is 2.88 bits per heavy atom. The molecule has 17 heavy (non-hydrogen) atoms. The monoisotopic (exact) mass is 259 g/mol. The molecule has 0 radical (unpaired) electrons. The third-order valence-electron chi connectivity index (χ3n) is 2.72. The Balaban J connectivity index is 2.57. The maximum Gasteiger partial charge on any atom is 0.142 e. The number of rotatable bonds is 7. The first-order valence-electron chi connectivity index (χ1n) is 5.87. The molecule has 2 nitrogen and oxygen atoms in total. The van der Waals surface area contributed by atoms with Gasteiger partial charge in [-0.15, -0.1) is 0 Å². The fraction of sp³-hybridized carbons (Fsp3) is 0.538. The summed E-state index contributed by atoms with van der Waals surface area (Å²) in [7, 11) is 1.89. The van der Waals surface area contributed by atoms with Gasteiger partial charge in [-0.2, -0.15) is 0 Å². The summed E-state index contributed by atoms with van der Waals surface area (Å²) in [4.78, 5) is 0. The third-order valence-corrected chi connectivity index (χ3v) is 3.14. The van der Waals surface area contributed by atoms with Crippen LogP contribution in [0.25, 0.3) is 0 Å². The second kappa shape index (κ2) is 7.64. The van der Waals surface area contributed by atoms with E-state index in [1.54, 1.807) is 6.07 Å². The van der Waals surface area contributed by atoms with Gasteiger partial charge < -0.3 is 10.1 Å². The fourth-order valence-corrected chi connectivity index (χ4v) is 1.89. The molecule has 0 aliphatic heterocycles. The Bertz CT molecular complexity index is 346. The summed E-state index contributed by atoms with van der Waals surface area (Å²) in [6.07, 6.45) is 1.59. The SMILES string of the molecule is CCOCCC(Cc1cccc(F)c1Cl)NC. The molecule has 0 aromatic heterocycles. The molecule has 4 heteroatoms. The van der Waals surface area contributed by atoms with Crippen molar-refractivity contribution in [1.29, 1.82) is 0 Å². The molecule has 1 unspecified atom stereocenters. The highest BCUT2D eigenvalue weighted by Crippen LogP contribution is 2.21.